The van der Waals surface area contributed by atoms with Gasteiger partial charge in [-0.05, 0) is 37.5 Å². The van der Waals surface area contributed by atoms with Gasteiger partial charge in [-0.3, -0.25) is 4.68 Å². The first-order chi connectivity index (χ1) is 9.55. The van der Waals surface area contributed by atoms with Gasteiger partial charge in [0.1, 0.15) is 11.6 Å². The van der Waals surface area contributed by atoms with Crippen LogP contribution in [0, 0.1) is 11.6 Å². The summed E-state index contributed by atoms with van der Waals surface area (Å²) in [6, 6.07) is 5.17. The van der Waals surface area contributed by atoms with E-state index in [1.807, 2.05) is 24.6 Å². The highest BCUT2D eigenvalue weighted by molar-refractivity contribution is 5.23. The molecule has 0 spiro atoms. The third-order valence-electron chi connectivity index (χ3n) is 3.36. The molecule has 1 aromatic heterocycles. The Kier molecular flexibility index (Phi) is 4.49. The van der Waals surface area contributed by atoms with E-state index in [0.717, 1.165) is 30.4 Å². The number of hydrogen-bond acceptors (Lipinski definition) is 2. The number of aromatic nitrogens is 2. The summed E-state index contributed by atoms with van der Waals surface area (Å²) >= 11 is 0. The second-order valence-corrected chi connectivity index (χ2v) is 4.78. The highest BCUT2D eigenvalue weighted by Gasteiger charge is 2.16. The van der Waals surface area contributed by atoms with Crippen LogP contribution in [0.15, 0.2) is 24.3 Å². The molecule has 2 aromatic rings. The van der Waals surface area contributed by atoms with Crippen molar-refractivity contribution in [2.45, 2.75) is 39.3 Å². The number of nitrogens with zero attached hydrogens (tertiary/aromatic N) is 2. The molecule has 0 aliphatic carbocycles. The largest absolute Gasteiger partial charge is 0.322 e. The predicted octanol–water partition coefficient (Wildman–Crippen LogP) is 2.99. The Hall–Kier alpha value is -1.75. The lowest BCUT2D eigenvalue weighted by Crippen LogP contribution is -2.18. The van der Waals surface area contributed by atoms with Crippen LogP contribution in [-0.4, -0.2) is 9.78 Å². The molecule has 1 unspecified atom stereocenters. The van der Waals surface area contributed by atoms with Crippen molar-refractivity contribution in [3.8, 4) is 0 Å². The Labute approximate surface area is 117 Å². The summed E-state index contributed by atoms with van der Waals surface area (Å²) in [5.74, 6) is -1.13. The normalized spacial score (nSPS) is 12.7. The van der Waals surface area contributed by atoms with Gasteiger partial charge in [0.2, 0.25) is 0 Å². The van der Waals surface area contributed by atoms with Crippen LogP contribution in [0.3, 0.4) is 0 Å². The molecule has 0 radical (unpaired) electrons. The lowest BCUT2D eigenvalue weighted by molar-refractivity contribution is 0.540. The summed E-state index contributed by atoms with van der Waals surface area (Å²) in [7, 11) is 0. The van der Waals surface area contributed by atoms with Gasteiger partial charge in [0.15, 0.2) is 0 Å². The van der Waals surface area contributed by atoms with Gasteiger partial charge in [0, 0.05) is 12.6 Å². The zero-order valence-corrected chi connectivity index (χ0v) is 11.7. The van der Waals surface area contributed by atoms with E-state index < -0.39 is 11.6 Å². The molecule has 2 rings (SSSR count). The molecule has 108 valence electrons. The van der Waals surface area contributed by atoms with Gasteiger partial charge in [-0.1, -0.05) is 13.0 Å². The molecule has 0 amide bonds. The van der Waals surface area contributed by atoms with Crippen LogP contribution in [0.5, 0.6) is 0 Å². The number of benzene rings is 1. The summed E-state index contributed by atoms with van der Waals surface area (Å²) in [4.78, 5) is 0. The van der Waals surface area contributed by atoms with Crippen LogP contribution in [-0.2, 0) is 19.4 Å². The number of hydrogen-bond donors (Lipinski definition) is 1. The fourth-order valence-electron chi connectivity index (χ4n) is 2.24. The molecule has 3 nitrogen and oxygen atoms in total. The van der Waals surface area contributed by atoms with Gasteiger partial charge in [-0.25, -0.2) is 8.78 Å². The van der Waals surface area contributed by atoms with E-state index in [1.165, 1.54) is 12.1 Å². The van der Waals surface area contributed by atoms with Crippen molar-refractivity contribution in [1.29, 1.82) is 0 Å². The van der Waals surface area contributed by atoms with Crippen molar-refractivity contribution >= 4 is 0 Å². The highest BCUT2D eigenvalue weighted by Crippen LogP contribution is 2.20. The van der Waals surface area contributed by atoms with E-state index in [0.29, 0.717) is 12.0 Å². The Bertz CT molecular complexity index is 593. The SMILES string of the molecule is CCc1cc(C(N)Cc2ccc(F)cc2F)n(CC)n1. The first-order valence-corrected chi connectivity index (χ1v) is 6.81. The Balaban J connectivity index is 2.23. The first-order valence-electron chi connectivity index (χ1n) is 6.81. The third-order valence-corrected chi connectivity index (χ3v) is 3.36. The van der Waals surface area contributed by atoms with Gasteiger partial charge in [-0.15, -0.1) is 0 Å². The van der Waals surface area contributed by atoms with Crippen LogP contribution >= 0.6 is 0 Å². The van der Waals surface area contributed by atoms with Crippen LogP contribution in [0.4, 0.5) is 8.78 Å². The van der Waals surface area contributed by atoms with Crippen molar-refractivity contribution in [2.24, 2.45) is 5.73 Å². The standard InChI is InChI=1S/C15H19F2N3/c1-3-12-9-15(20(4-2)19-12)14(18)7-10-5-6-11(16)8-13(10)17/h5-6,8-9,14H,3-4,7,18H2,1-2H3. The molecule has 1 aromatic carbocycles. The summed E-state index contributed by atoms with van der Waals surface area (Å²) in [5.41, 5.74) is 8.43. The van der Waals surface area contributed by atoms with Crippen molar-refractivity contribution in [2.75, 3.05) is 0 Å². The minimum absolute atomic E-state index is 0.320. The quantitative estimate of drug-likeness (QED) is 0.914. The summed E-state index contributed by atoms with van der Waals surface area (Å²) in [6.07, 6.45) is 1.15. The Morgan fingerprint density at radius 2 is 2.00 bits per heavy atom. The van der Waals surface area contributed by atoms with E-state index in [2.05, 4.69) is 5.10 Å². The molecule has 20 heavy (non-hydrogen) atoms. The average Bonchev–Trinajstić information content (AvgIpc) is 2.85. The van der Waals surface area contributed by atoms with E-state index in [9.17, 15) is 8.78 Å². The summed E-state index contributed by atoms with van der Waals surface area (Å²) in [5, 5.41) is 4.43. The van der Waals surface area contributed by atoms with Gasteiger partial charge in [0.05, 0.1) is 17.4 Å². The van der Waals surface area contributed by atoms with E-state index in [-0.39, 0.29) is 6.04 Å². The molecule has 0 fully saturated rings. The molecule has 0 aliphatic heterocycles. The molecule has 0 saturated heterocycles. The van der Waals surface area contributed by atoms with Crippen LogP contribution in [0.1, 0.15) is 36.8 Å². The van der Waals surface area contributed by atoms with E-state index in [1.54, 1.807) is 0 Å². The van der Waals surface area contributed by atoms with Gasteiger partial charge < -0.3 is 5.73 Å². The molecule has 0 saturated carbocycles. The molecular formula is C15H19F2N3. The summed E-state index contributed by atoms with van der Waals surface area (Å²) < 4.78 is 28.4. The van der Waals surface area contributed by atoms with Gasteiger partial charge >= 0.3 is 0 Å². The zero-order valence-electron chi connectivity index (χ0n) is 11.7. The van der Waals surface area contributed by atoms with Gasteiger partial charge in [-0.2, -0.15) is 5.10 Å². The van der Waals surface area contributed by atoms with Crippen LogP contribution in [0.25, 0.3) is 0 Å². The minimum Gasteiger partial charge on any atom is -0.322 e. The molecule has 0 aliphatic rings. The number of rotatable bonds is 5. The van der Waals surface area contributed by atoms with E-state index >= 15 is 0 Å². The minimum atomic E-state index is -0.577. The lowest BCUT2D eigenvalue weighted by atomic mass is 10.0. The van der Waals surface area contributed by atoms with Crippen LogP contribution in [0.2, 0.25) is 0 Å². The number of halogens is 2. The Morgan fingerprint density at radius 1 is 1.25 bits per heavy atom. The Morgan fingerprint density at radius 3 is 2.60 bits per heavy atom. The second kappa shape index (κ2) is 6.13. The average molecular weight is 279 g/mol. The monoisotopic (exact) mass is 279 g/mol. The molecule has 2 N–H and O–H groups in total. The lowest BCUT2D eigenvalue weighted by Gasteiger charge is -2.13. The van der Waals surface area contributed by atoms with Crippen molar-refractivity contribution in [1.82, 2.24) is 9.78 Å². The molecule has 1 atom stereocenters. The molecule has 5 heteroatoms. The van der Waals surface area contributed by atoms with E-state index in [4.69, 9.17) is 5.73 Å². The van der Waals surface area contributed by atoms with Crippen molar-refractivity contribution in [3.05, 3.63) is 52.9 Å². The molecular weight excluding hydrogens is 260 g/mol. The maximum absolute atomic E-state index is 13.7. The fourth-order valence-corrected chi connectivity index (χ4v) is 2.24. The topological polar surface area (TPSA) is 43.8 Å². The molecule has 1 heterocycles. The maximum atomic E-state index is 13.7. The zero-order chi connectivity index (χ0) is 14.7. The maximum Gasteiger partial charge on any atom is 0.129 e. The smallest absolute Gasteiger partial charge is 0.129 e. The fraction of sp³-hybridized carbons (Fsp3) is 0.400. The predicted molar refractivity (Wildman–Crippen MR) is 74.3 cm³/mol. The molecule has 0 bridgehead atoms. The number of nitrogens with two attached hydrogens (primary N) is 1. The highest BCUT2D eigenvalue weighted by atomic mass is 19.1. The number of aryl methyl sites for hydroxylation is 2. The van der Waals surface area contributed by atoms with Gasteiger partial charge in [0.25, 0.3) is 0 Å². The first kappa shape index (κ1) is 14.7. The summed E-state index contributed by atoms with van der Waals surface area (Å²) in [6.45, 7) is 4.73. The van der Waals surface area contributed by atoms with Crippen LogP contribution < -0.4 is 5.73 Å². The van der Waals surface area contributed by atoms with Crippen molar-refractivity contribution < 1.29 is 8.78 Å². The van der Waals surface area contributed by atoms with Crippen molar-refractivity contribution in [3.63, 3.8) is 0 Å². The third kappa shape index (κ3) is 3.04. The second-order valence-electron chi connectivity index (χ2n) is 4.78.